The molecule has 0 fully saturated rings. The van der Waals surface area contributed by atoms with Gasteiger partial charge in [-0.3, -0.25) is 0 Å². The summed E-state index contributed by atoms with van der Waals surface area (Å²) < 4.78 is 11.1. The van der Waals surface area contributed by atoms with Crippen molar-refractivity contribution in [2.45, 2.75) is 6.92 Å². The third kappa shape index (κ3) is 1.91. The molecule has 1 aliphatic rings. The molecule has 0 amide bonds. The first kappa shape index (κ1) is 12.3. The van der Waals surface area contributed by atoms with Gasteiger partial charge in [0.2, 0.25) is 0 Å². The SMILES string of the molecule is Cc1cc2c(cc1-c1ccnc(N)c1C#N)OCCO2. The third-order valence-corrected chi connectivity index (χ3v) is 3.27. The molecule has 2 heterocycles. The summed E-state index contributed by atoms with van der Waals surface area (Å²) in [4.78, 5) is 3.95. The van der Waals surface area contributed by atoms with Crippen LogP contribution < -0.4 is 15.2 Å². The van der Waals surface area contributed by atoms with Gasteiger partial charge in [-0.25, -0.2) is 4.98 Å². The number of rotatable bonds is 1. The van der Waals surface area contributed by atoms with Crippen LogP contribution in [0.5, 0.6) is 11.5 Å². The first-order valence-corrected chi connectivity index (χ1v) is 6.26. The largest absolute Gasteiger partial charge is 0.486 e. The van der Waals surface area contributed by atoms with Crippen LogP contribution >= 0.6 is 0 Å². The van der Waals surface area contributed by atoms with Crippen LogP contribution in [0.3, 0.4) is 0 Å². The Morgan fingerprint density at radius 3 is 2.60 bits per heavy atom. The van der Waals surface area contributed by atoms with Crippen LogP contribution in [0.25, 0.3) is 11.1 Å². The van der Waals surface area contributed by atoms with Gasteiger partial charge in [0.15, 0.2) is 11.5 Å². The Morgan fingerprint density at radius 2 is 1.90 bits per heavy atom. The number of nitrogen functional groups attached to an aromatic ring is 1. The second-order valence-corrected chi connectivity index (χ2v) is 4.54. The highest BCUT2D eigenvalue weighted by atomic mass is 16.6. The van der Waals surface area contributed by atoms with Crippen molar-refractivity contribution in [3.8, 4) is 28.7 Å². The Balaban J connectivity index is 2.21. The van der Waals surface area contributed by atoms with Crippen LogP contribution in [-0.4, -0.2) is 18.2 Å². The molecule has 2 aromatic rings. The molecule has 0 radical (unpaired) electrons. The standard InChI is InChI=1S/C15H13N3O2/c1-9-6-13-14(20-5-4-19-13)7-11(9)10-2-3-18-15(17)12(10)8-16/h2-3,6-7H,4-5H2,1H3,(H2,17,18). The van der Waals surface area contributed by atoms with Crippen LogP contribution in [0.1, 0.15) is 11.1 Å². The van der Waals surface area contributed by atoms with E-state index in [2.05, 4.69) is 11.1 Å². The highest BCUT2D eigenvalue weighted by Gasteiger charge is 2.17. The van der Waals surface area contributed by atoms with E-state index in [1.807, 2.05) is 19.1 Å². The van der Waals surface area contributed by atoms with E-state index in [0.29, 0.717) is 24.5 Å². The van der Waals surface area contributed by atoms with Crippen molar-refractivity contribution in [1.29, 1.82) is 5.26 Å². The number of hydrogen-bond donors (Lipinski definition) is 1. The number of nitriles is 1. The van der Waals surface area contributed by atoms with Crippen molar-refractivity contribution >= 4 is 5.82 Å². The van der Waals surface area contributed by atoms with Gasteiger partial charge in [0.1, 0.15) is 30.7 Å². The third-order valence-electron chi connectivity index (χ3n) is 3.27. The summed E-state index contributed by atoms with van der Waals surface area (Å²) in [6, 6.07) is 7.70. The molecule has 0 atom stereocenters. The number of aryl methyl sites for hydroxylation is 1. The second-order valence-electron chi connectivity index (χ2n) is 4.54. The minimum absolute atomic E-state index is 0.235. The van der Waals surface area contributed by atoms with Crippen LogP contribution in [0, 0.1) is 18.3 Å². The fourth-order valence-electron chi connectivity index (χ4n) is 2.30. The Morgan fingerprint density at radius 1 is 1.20 bits per heavy atom. The number of nitrogens with two attached hydrogens (primary N) is 1. The Hall–Kier alpha value is -2.74. The molecule has 0 bridgehead atoms. The maximum atomic E-state index is 9.26. The van der Waals surface area contributed by atoms with Gasteiger partial charge >= 0.3 is 0 Å². The zero-order valence-corrected chi connectivity index (χ0v) is 11.0. The summed E-state index contributed by atoms with van der Waals surface area (Å²) >= 11 is 0. The van der Waals surface area contributed by atoms with E-state index in [0.717, 1.165) is 22.4 Å². The molecule has 100 valence electrons. The average molecular weight is 267 g/mol. The molecule has 5 nitrogen and oxygen atoms in total. The highest BCUT2D eigenvalue weighted by Crippen LogP contribution is 2.38. The Labute approximate surface area is 116 Å². The lowest BCUT2D eigenvalue weighted by Gasteiger charge is -2.20. The van der Waals surface area contributed by atoms with Crippen LogP contribution in [0.15, 0.2) is 24.4 Å². The second kappa shape index (κ2) is 4.74. The summed E-state index contributed by atoms with van der Waals surface area (Å²) in [6.45, 7) is 3.04. The number of anilines is 1. The van der Waals surface area contributed by atoms with Gasteiger partial charge < -0.3 is 15.2 Å². The fourth-order valence-corrected chi connectivity index (χ4v) is 2.30. The lowest BCUT2D eigenvalue weighted by Crippen LogP contribution is -2.15. The zero-order chi connectivity index (χ0) is 14.1. The van der Waals surface area contributed by atoms with Crippen LogP contribution in [-0.2, 0) is 0 Å². The van der Waals surface area contributed by atoms with Gasteiger partial charge in [-0.2, -0.15) is 5.26 Å². The quantitative estimate of drug-likeness (QED) is 0.857. The molecule has 5 heteroatoms. The number of nitrogens with zero attached hydrogens (tertiary/aromatic N) is 2. The van der Waals surface area contributed by atoms with Crippen LogP contribution in [0.2, 0.25) is 0 Å². The summed E-state index contributed by atoms with van der Waals surface area (Å²) in [6.07, 6.45) is 1.60. The minimum atomic E-state index is 0.235. The molecule has 0 saturated carbocycles. The Kier molecular flexibility index (Phi) is 2.92. The van der Waals surface area contributed by atoms with E-state index in [-0.39, 0.29) is 5.82 Å². The van der Waals surface area contributed by atoms with Crippen LogP contribution in [0.4, 0.5) is 5.82 Å². The topological polar surface area (TPSA) is 81.2 Å². The summed E-state index contributed by atoms with van der Waals surface area (Å²) in [5.74, 6) is 1.66. The molecule has 1 aliphatic heterocycles. The monoisotopic (exact) mass is 267 g/mol. The van der Waals surface area contributed by atoms with E-state index in [9.17, 15) is 5.26 Å². The normalized spacial score (nSPS) is 12.8. The van der Waals surface area contributed by atoms with Crippen molar-refractivity contribution in [2.24, 2.45) is 0 Å². The van der Waals surface area contributed by atoms with E-state index >= 15 is 0 Å². The van der Waals surface area contributed by atoms with E-state index in [1.165, 1.54) is 0 Å². The lowest BCUT2D eigenvalue weighted by atomic mass is 9.96. The Bertz CT molecular complexity index is 720. The number of pyridine rings is 1. The van der Waals surface area contributed by atoms with Gasteiger partial charge in [0.05, 0.1) is 0 Å². The van der Waals surface area contributed by atoms with Crippen molar-refractivity contribution in [2.75, 3.05) is 18.9 Å². The van der Waals surface area contributed by atoms with Gasteiger partial charge in [0.25, 0.3) is 0 Å². The molecular weight excluding hydrogens is 254 g/mol. The van der Waals surface area contributed by atoms with Crippen molar-refractivity contribution in [3.63, 3.8) is 0 Å². The number of benzene rings is 1. The molecule has 2 N–H and O–H groups in total. The van der Waals surface area contributed by atoms with Crippen molar-refractivity contribution < 1.29 is 9.47 Å². The molecule has 0 spiro atoms. The lowest BCUT2D eigenvalue weighted by molar-refractivity contribution is 0.171. The van der Waals surface area contributed by atoms with Gasteiger partial charge in [0, 0.05) is 11.8 Å². The van der Waals surface area contributed by atoms with E-state index in [1.54, 1.807) is 12.3 Å². The predicted octanol–water partition coefficient (Wildman–Crippen LogP) is 2.28. The average Bonchev–Trinajstić information content (AvgIpc) is 2.46. The molecule has 1 aromatic carbocycles. The van der Waals surface area contributed by atoms with E-state index in [4.69, 9.17) is 15.2 Å². The smallest absolute Gasteiger partial charge is 0.161 e. The number of fused-ring (bicyclic) bond motifs is 1. The number of hydrogen-bond acceptors (Lipinski definition) is 5. The highest BCUT2D eigenvalue weighted by molar-refractivity contribution is 5.79. The van der Waals surface area contributed by atoms with Gasteiger partial charge in [-0.15, -0.1) is 0 Å². The van der Waals surface area contributed by atoms with E-state index < -0.39 is 0 Å². The molecule has 3 rings (SSSR count). The molecule has 0 saturated heterocycles. The molecule has 20 heavy (non-hydrogen) atoms. The van der Waals surface area contributed by atoms with Gasteiger partial charge in [-0.1, -0.05) is 0 Å². The maximum absolute atomic E-state index is 9.26. The minimum Gasteiger partial charge on any atom is -0.486 e. The van der Waals surface area contributed by atoms with Crippen molar-refractivity contribution in [3.05, 3.63) is 35.5 Å². The summed E-state index contributed by atoms with van der Waals surface area (Å²) in [5, 5.41) is 9.26. The molecule has 0 unspecified atom stereocenters. The first-order valence-electron chi connectivity index (χ1n) is 6.26. The summed E-state index contributed by atoms with van der Waals surface area (Å²) in [5.41, 5.74) is 8.81. The maximum Gasteiger partial charge on any atom is 0.161 e. The fraction of sp³-hybridized carbons (Fsp3) is 0.200. The molecular formula is C15H13N3O2. The first-order chi connectivity index (χ1) is 9.70. The number of ether oxygens (including phenoxy) is 2. The molecule has 1 aromatic heterocycles. The van der Waals surface area contributed by atoms with Gasteiger partial charge in [-0.05, 0) is 36.2 Å². The predicted molar refractivity (Wildman–Crippen MR) is 74.5 cm³/mol. The molecule has 0 aliphatic carbocycles. The van der Waals surface area contributed by atoms with Crippen molar-refractivity contribution in [1.82, 2.24) is 4.98 Å². The summed E-state index contributed by atoms with van der Waals surface area (Å²) in [7, 11) is 0. The number of aromatic nitrogens is 1. The zero-order valence-electron chi connectivity index (χ0n) is 11.0.